The predicted octanol–water partition coefficient (Wildman–Crippen LogP) is 4.31. The average Bonchev–Trinajstić information content (AvgIpc) is 3.60. The molecule has 0 saturated heterocycles. The molecule has 0 unspecified atom stereocenters. The lowest BCUT2D eigenvalue weighted by Crippen LogP contribution is -2.11. The van der Waals surface area contributed by atoms with E-state index in [0.717, 1.165) is 18.9 Å². The second-order valence-corrected chi connectivity index (χ2v) is 9.37. The molecule has 1 saturated carbocycles. The van der Waals surface area contributed by atoms with Crippen LogP contribution in [0.15, 0.2) is 59.6 Å². The Morgan fingerprint density at radius 1 is 1.19 bits per heavy atom. The van der Waals surface area contributed by atoms with E-state index in [1.54, 1.807) is 30.3 Å². The third-order valence-corrected chi connectivity index (χ3v) is 6.93. The molecule has 0 atom stereocenters. The van der Waals surface area contributed by atoms with Crippen LogP contribution in [0, 0.1) is 17.1 Å². The van der Waals surface area contributed by atoms with Crippen LogP contribution >= 0.6 is 0 Å². The maximum atomic E-state index is 14.3. The van der Waals surface area contributed by atoms with Gasteiger partial charge in [0, 0.05) is 11.8 Å². The van der Waals surface area contributed by atoms with Crippen molar-refractivity contribution in [2.45, 2.75) is 29.4 Å². The fraction of sp³-hybridized carbons (Fsp3) is 0.174. The Morgan fingerprint density at radius 2 is 1.97 bits per heavy atom. The highest BCUT2D eigenvalue weighted by Gasteiger charge is 2.32. The fourth-order valence-corrected chi connectivity index (χ4v) is 5.24. The Kier molecular flexibility index (Phi) is 5.29. The van der Waals surface area contributed by atoms with Crippen molar-refractivity contribution in [3.8, 4) is 17.3 Å². The summed E-state index contributed by atoms with van der Waals surface area (Å²) in [6.45, 7) is 0. The van der Waals surface area contributed by atoms with Crippen LogP contribution in [0.3, 0.4) is 0 Å². The highest BCUT2D eigenvalue weighted by molar-refractivity contribution is 7.90. The molecular weight excluding hydrogens is 419 g/mol. The minimum Gasteiger partial charge on any atom is -0.478 e. The first-order valence-corrected chi connectivity index (χ1v) is 11.2. The van der Waals surface area contributed by atoms with E-state index in [1.807, 2.05) is 0 Å². The summed E-state index contributed by atoms with van der Waals surface area (Å²) in [5.41, 5.74) is 1.06. The summed E-state index contributed by atoms with van der Waals surface area (Å²) in [6, 6.07) is 13.2. The number of aromatic carboxylic acids is 1. The number of carbonyl (C=O) groups is 1. The van der Waals surface area contributed by atoms with E-state index in [2.05, 4.69) is 4.98 Å². The van der Waals surface area contributed by atoms with Crippen LogP contribution in [0.25, 0.3) is 11.3 Å². The Labute approximate surface area is 178 Å². The lowest BCUT2D eigenvalue weighted by atomic mass is 10.0. The zero-order chi connectivity index (χ0) is 22.2. The van der Waals surface area contributed by atoms with Gasteiger partial charge >= 0.3 is 5.97 Å². The molecule has 0 radical (unpaired) electrons. The van der Waals surface area contributed by atoms with Gasteiger partial charge in [0.15, 0.2) is 9.84 Å². The van der Waals surface area contributed by atoms with Gasteiger partial charge < -0.3 is 5.11 Å². The Hall–Kier alpha value is -3.57. The van der Waals surface area contributed by atoms with Crippen molar-refractivity contribution < 1.29 is 22.7 Å². The lowest BCUT2D eigenvalue weighted by molar-refractivity contribution is 0.0696. The standard InChI is InChI=1S/C23H17FN2O4S/c24-20-11-19(21-3-1-2-8-26-21)17(9-16(20)12-25)13-31(29,30)22-10-15(23(27)28)6-7-18(22)14-4-5-14/h1-3,6-11,14H,4-5,13H2,(H,27,28). The number of halogens is 1. The monoisotopic (exact) mass is 436 g/mol. The summed E-state index contributed by atoms with van der Waals surface area (Å²) in [5.74, 6) is -2.43. The van der Waals surface area contributed by atoms with Crippen molar-refractivity contribution in [1.29, 1.82) is 5.26 Å². The van der Waals surface area contributed by atoms with Crippen molar-refractivity contribution in [1.82, 2.24) is 4.98 Å². The zero-order valence-corrected chi connectivity index (χ0v) is 17.1. The fourth-order valence-electron chi connectivity index (χ4n) is 3.53. The molecule has 0 aliphatic heterocycles. The number of carboxylic acid groups (broad SMARTS) is 1. The predicted molar refractivity (Wildman–Crippen MR) is 111 cm³/mol. The molecule has 1 N–H and O–H groups in total. The van der Waals surface area contributed by atoms with Gasteiger partial charge in [-0.2, -0.15) is 5.26 Å². The first kappa shape index (κ1) is 20.7. The molecule has 6 nitrogen and oxygen atoms in total. The van der Waals surface area contributed by atoms with E-state index in [0.29, 0.717) is 11.3 Å². The van der Waals surface area contributed by atoms with Gasteiger partial charge in [0.05, 0.1) is 27.5 Å². The molecule has 1 heterocycles. The molecule has 8 heteroatoms. The van der Waals surface area contributed by atoms with Crippen LogP contribution in [-0.4, -0.2) is 24.5 Å². The van der Waals surface area contributed by atoms with Crippen molar-refractivity contribution in [2.75, 3.05) is 0 Å². The number of carboxylic acids is 1. The van der Waals surface area contributed by atoms with E-state index in [9.17, 15) is 28.0 Å². The SMILES string of the molecule is N#Cc1cc(CS(=O)(=O)c2cc(C(=O)O)ccc2C2CC2)c(-c2ccccn2)cc1F. The van der Waals surface area contributed by atoms with Gasteiger partial charge in [0.25, 0.3) is 0 Å². The number of benzene rings is 2. The van der Waals surface area contributed by atoms with Crippen LogP contribution in [0.4, 0.5) is 4.39 Å². The first-order valence-electron chi connectivity index (χ1n) is 9.54. The van der Waals surface area contributed by atoms with Crippen molar-refractivity contribution in [2.24, 2.45) is 0 Å². The smallest absolute Gasteiger partial charge is 0.335 e. The lowest BCUT2D eigenvalue weighted by Gasteiger charge is -2.14. The quantitative estimate of drug-likeness (QED) is 0.617. The van der Waals surface area contributed by atoms with Gasteiger partial charge in [-0.3, -0.25) is 4.98 Å². The zero-order valence-electron chi connectivity index (χ0n) is 16.2. The van der Waals surface area contributed by atoms with E-state index in [1.165, 1.54) is 24.4 Å². The minimum atomic E-state index is -4.00. The van der Waals surface area contributed by atoms with Crippen molar-refractivity contribution in [3.05, 3.63) is 82.8 Å². The number of aromatic nitrogens is 1. The van der Waals surface area contributed by atoms with Gasteiger partial charge in [0.2, 0.25) is 0 Å². The summed E-state index contributed by atoms with van der Waals surface area (Å²) in [5, 5.41) is 18.5. The van der Waals surface area contributed by atoms with Gasteiger partial charge in [-0.25, -0.2) is 17.6 Å². The highest BCUT2D eigenvalue weighted by atomic mass is 32.2. The summed E-state index contributed by atoms with van der Waals surface area (Å²) in [7, 11) is -4.00. The molecule has 4 rings (SSSR count). The van der Waals surface area contributed by atoms with Gasteiger partial charge in [-0.1, -0.05) is 12.1 Å². The molecule has 1 fully saturated rings. The molecule has 31 heavy (non-hydrogen) atoms. The van der Waals surface area contributed by atoms with Crippen LogP contribution < -0.4 is 0 Å². The topological polar surface area (TPSA) is 108 Å². The average molecular weight is 436 g/mol. The van der Waals surface area contributed by atoms with E-state index >= 15 is 0 Å². The van der Waals surface area contributed by atoms with Crippen LogP contribution in [0.5, 0.6) is 0 Å². The molecule has 1 aliphatic carbocycles. The van der Waals surface area contributed by atoms with E-state index in [-0.39, 0.29) is 33.1 Å². The maximum Gasteiger partial charge on any atom is 0.335 e. The molecule has 1 aliphatic rings. The molecule has 0 spiro atoms. The highest BCUT2D eigenvalue weighted by Crippen LogP contribution is 2.44. The minimum absolute atomic E-state index is 0.0373. The van der Waals surface area contributed by atoms with E-state index < -0.39 is 27.4 Å². The molecule has 0 bridgehead atoms. The number of hydrogen-bond donors (Lipinski definition) is 1. The molecule has 2 aromatic carbocycles. The Balaban J connectivity index is 1.85. The van der Waals surface area contributed by atoms with Crippen LogP contribution in [0.1, 0.15) is 45.8 Å². The summed E-state index contributed by atoms with van der Waals surface area (Å²) < 4.78 is 41.1. The number of nitriles is 1. The second kappa shape index (κ2) is 7.93. The summed E-state index contributed by atoms with van der Waals surface area (Å²) in [4.78, 5) is 15.6. The molecule has 3 aromatic rings. The second-order valence-electron chi connectivity index (χ2n) is 7.41. The normalized spacial score (nSPS) is 13.5. The maximum absolute atomic E-state index is 14.3. The number of rotatable bonds is 6. The first-order chi connectivity index (χ1) is 14.8. The van der Waals surface area contributed by atoms with E-state index in [4.69, 9.17) is 0 Å². The third-order valence-electron chi connectivity index (χ3n) is 5.21. The van der Waals surface area contributed by atoms with Crippen molar-refractivity contribution >= 4 is 15.8 Å². The summed E-state index contributed by atoms with van der Waals surface area (Å²) >= 11 is 0. The molecular formula is C23H17FN2O4S. The number of sulfone groups is 1. The van der Waals surface area contributed by atoms with Crippen LogP contribution in [-0.2, 0) is 15.6 Å². The Bertz CT molecular complexity index is 1330. The number of nitrogens with zero attached hydrogens (tertiary/aromatic N) is 2. The van der Waals surface area contributed by atoms with Crippen molar-refractivity contribution in [3.63, 3.8) is 0 Å². The largest absolute Gasteiger partial charge is 0.478 e. The number of pyridine rings is 1. The molecule has 0 amide bonds. The van der Waals surface area contributed by atoms with Gasteiger partial charge in [0.1, 0.15) is 11.9 Å². The third kappa shape index (κ3) is 4.18. The molecule has 1 aromatic heterocycles. The summed E-state index contributed by atoms with van der Waals surface area (Å²) in [6.07, 6.45) is 3.18. The van der Waals surface area contributed by atoms with Gasteiger partial charge in [-0.15, -0.1) is 0 Å². The van der Waals surface area contributed by atoms with Gasteiger partial charge in [-0.05, 0) is 66.3 Å². The Morgan fingerprint density at radius 3 is 2.58 bits per heavy atom. The van der Waals surface area contributed by atoms with Crippen LogP contribution in [0.2, 0.25) is 0 Å². The number of hydrogen-bond acceptors (Lipinski definition) is 5. The molecule has 156 valence electrons.